The van der Waals surface area contributed by atoms with Crippen LogP contribution in [0.4, 0.5) is 4.39 Å². The van der Waals surface area contributed by atoms with Gasteiger partial charge in [0.2, 0.25) is 0 Å². The number of ether oxygens (including phenoxy) is 3. The molecule has 2 aromatic rings. The molecule has 27 heavy (non-hydrogen) atoms. The Morgan fingerprint density at radius 1 is 1.22 bits per heavy atom. The topological polar surface area (TPSA) is 61.8 Å². The van der Waals surface area contributed by atoms with Gasteiger partial charge in [-0.3, -0.25) is 0 Å². The fraction of sp³-hybridized carbons (Fsp3) is 0.333. The molecule has 4 rings (SSSR count). The maximum Gasteiger partial charge on any atom is 0.196 e. The number of rotatable bonds is 3. The Morgan fingerprint density at radius 3 is 2.56 bits per heavy atom. The lowest BCUT2D eigenvalue weighted by Gasteiger charge is -2.25. The molecule has 1 heterocycles. The van der Waals surface area contributed by atoms with Crippen molar-refractivity contribution in [2.45, 2.75) is 22.9 Å². The molecule has 0 aromatic heterocycles. The highest BCUT2D eigenvalue weighted by atomic mass is 32.2. The van der Waals surface area contributed by atoms with Crippen molar-refractivity contribution in [1.29, 1.82) is 0 Å². The molecule has 1 spiro atoms. The van der Waals surface area contributed by atoms with E-state index >= 15 is 0 Å². The molecule has 1 aliphatic heterocycles. The van der Waals surface area contributed by atoms with Crippen molar-refractivity contribution in [3.05, 3.63) is 47.3 Å². The summed E-state index contributed by atoms with van der Waals surface area (Å²) in [5.74, 6) is -1.83. The average molecular weight is 384 g/mol. The van der Waals surface area contributed by atoms with E-state index in [4.69, 9.17) is 29.9 Å². The molecule has 1 atom stereocenters. The van der Waals surface area contributed by atoms with Crippen LogP contribution in [0.3, 0.4) is 0 Å². The van der Waals surface area contributed by atoms with Crippen molar-refractivity contribution in [3.63, 3.8) is 0 Å². The van der Waals surface area contributed by atoms with Crippen LogP contribution in [0.1, 0.15) is 23.4 Å². The standard InChI is InChI=1S/C18H15B2FO5S/c1-27(22,23)15-3-2-14(26-12-7-10(19)6-11(21)8-12)16-13(20)9-18(17(15)16)24-4-5-25-18/h2-3,6-8,13H,4-5,9H2,1H3. The molecule has 1 saturated heterocycles. The van der Waals surface area contributed by atoms with Gasteiger partial charge in [-0.05, 0) is 35.6 Å². The quantitative estimate of drug-likeness (QED) is 0.754. The van der Waals surface area contributed by atoms with Crippen molar-refractivity contribution < 1.29 is 27.0 Å². The molecular formula is C18H15B2FO5S. The Morgan fingerprint density at radius 2 is 1.93 bits per heavy atom. The van der Waals surface area contributed by atoms with Crippen molar-refractivity contribution in [2.75, 3.05) is 19.5 Å². The van der Waals surface area contributed by atoms with Crippen LogP contribution in [0.15, 0.2) is 35.2 Å². The van der Waals surface area contributed by atoms with Crippen molar-refractivity contribution in [3.8, 4) is 11.5 Å². The third-order valence-corrected chi connectivity index (χ3v) is 5.82. The van der Waals surface area contributed by atoms with Gasteiger partial charge in [0, 0.05) is 24.3 Å². The minimum absolute atomic E-state index is 0.0819. The molecule has 0 N–H and O–H groups in total. The molecule has 1 unspecified atom stereocenters. The van der Waals surface area contributed by atoms with Gasteiger partial charge in [0.15, 0.2) is 15.6 Å². The summed E-state index contributed by atoms with van der Waals surface area (Å²) in [6.45, 7) is 0.668. The number of fused-ring (bicyclic) bond motifs is 2. The number of halogens is 1. The van der Waals surface area contributed by atoms with Crippen LogP contribution >= 0.6 is 0 Å². The van der Waals surface area contributed by atoms with Crippen LogP contribution < -0.4 is 10.2 Å². The Labute approximate surface area is 159 Å². The third kappa shape index (κ3) is 3.17. The lowest BCUT2D eigenvalue weighted by Crippen LogP contribution is -2.26. The Hall–Kier alpha value is -1.83. The molecule has 0 bridgehead atoms. The number of benzene rings is 2. The molecule has 136 valence electrons. The zero-order valence-electron chi connectivity index (χ0n) is 14.6. The predicted octanol–water partition coefficient (Wildman–Crippen LogP) is 1.63. The van der Waals surface area contributed by atoms with Crippen LogP contribution in [0, 0.1) is 5.82 Å². The van der Waals surface area contributed by atoms with E-state index in [0.717, 1.165) is 6.26 Å². The van der Waals surface area contributed by atoms with Gasteiger partial charge in [0.1, 0.15) is 25.2 Å². The Balaban J connectivity index is 1.89. The van der Waals surface area contributed by atoms with Gasteiger partial charge in [-0.25, -0.2) is 12.8 Å². The first kappa shape index (κ1) is 18.5. The summed E-state index contributed by atoms with van der Waals surface area (Å²) in [5.41, 5.74) is 1.04. The average Bonchev–Trinajstić information content (AvgIpc) is 3.12. The lowest BCUT2D eigenvalue weighted by molar-refractivity contribution is -0.165. The molecule has 9 heteroatoms. The van der Waals surface area contributed by atoms with E-state index in [0.29, 0.717) is 30.1 Å². The lowest BCUT2D eigenvalue weighted by atomic mass is 9.82. The maximum atomic E-state index is 13.6. The first-order chi connectivity index (χ1) is 12.7. The number of hydrogen-bond acceptors (Lipinski definition) is 5. The van der Waals surface area contributed by atoms with Gasteiger partial charge in [0.05, 0.1) is 26.0 Å². The molecule has 2 aliphatic rings. The van der Waals surface area contributed by atoms with E-state index < -0.39 is 27.3 Å². The minimum atomic E-state index is -3.57. The van der Waals surface area contributed by atoms with E-state index in [1.54, 1.807) is 0 Å². The molecule has 0 saturated carbocycles. The Bertz CT molecular complexity index is 998. The molecule has 4 radical (unpaired) electrons. The predicted molar refractivity (Wildman–Crippen MR) is 98.1 cm³/mol. The molecule has 2 aromatic carbocycles. The number of sulfone groups is 1. The first-order valence-electron chi connectivity index (χ1n) is 8.34. The summed E-state index contributed by atoms with van der Waals surface area (Å²) in [6.07, 6.45) is 1.37. The van der Waals surface area contributed by atoms with Crippen LogP contribution in [0.5, 0.6) is 11.5 Å². The Kier molecular flexibility index (Phi) is 4.36. The summed E-state index contributed by atoms with van der Waals surface area (Å²) in [4.78, 5) is 0.0819. The van der Waals surface area contributed by atoms with Gasteiger partial charge < -0.3 is 14.2 Å². The third-order valence-electron chi connectivity index (χ3n) is 4.68. The molecule has 1 aliphatic carbocycles. The van der Waals surface area contributed by atoms with Crippen LogP contribution in [0.2, 0.25) is 0 Å². The second kappa shape index (κ2) is 6.36. The summed E-state index contributed by atoms with van der Waals surface area (Å²) in [7, 11) is 8.39. The zero-order valence-corrected chi connectivity index (χ0v) is 15.4. The second-order valence-corrected chi connectivity index (χ2v) is 8.69. The summed E-state index contributed by atoms with van der Waals surface area (Å²) in [5, 5.41) is 0. The van der Waals surface area contributed by atoms with E-state index in [-0.39, 0.29) is 22.5 Å². The highest BCUT2D eigenvalue weighted by Gasteiger charge is 2.51. The van der Waals surface area contributed by atoms with Crippen molar-refractivity contribution in [2.24, 2.45) is 0 Å². The van der Waals surface area contributed by atoms with Gasteiger partial charge in [0.25, 0.3) is 0 Å². The molecular weight excluding hydrogens is 369 g/mol. The van der Waals surface area contributed by atoms with E-state index in [1.807, 2.05) is 0 Å². The maximum absolute atomic E-state index is 13.6. The van der Waals surface area contributed by atoms with E-state index in [1.165, 1.54) is 30.3 Å². The smallest absolute Gasteiger partial charge is 0.196 e. The highest BCUT2D eigenvalue weighted by molar-refractivity contribution is 7.90. The SMILES string of the molecule is [B]c1cc(F)cc(Oc2ccc(S(C)(=O)=O)c3c2C([B])CC32OCCO2)c1. The summed E-state index contributed by atoms with van der Waals surface area (Å²) >= 11 is 0. The van der Waals surface area contributed by atoms with Gasteiger partial charge in [-0.1, -0.05) is 5.46 Å². The minimum Gasteiger partial charge on any atom is -0.457 e. The van der Waals surface area contributed by atoms with Gasteiger partial charge in [-0.15, -0.1) is 0 Å². The largest absolute Gasteiger partial charge is 0.457 e. The zero-order chi connectivity index (χ0) is 19.4. The van der Waals surface area contributed by atoms with Crippen LogP contribution in [-0.4, -0.2) is 43.6 Å². The van der Waals surface area contributed by atoms with Crippen LogP contribution in [-0.2, 0) is 25.1 Å². The summed E-state index contributed by atoms with van der Waals surface area (Å²) in [6, 6.07) is 6.76. The van der Waals surface area contributed by atoms with Crippen LogP contribution in [0.25, 0.3) is 0 Å². The second-order valence-electron chi connectivity index (χ2n) is 6.71. The first-order valence-corrected chi connectivity index (χ1v) is 10.2. The molecule has 0 amide bonds. The van der Waals surface area contributed by atoms with Crippen molar-refractivity contribution >= 4 is 31.0 Å². The normalized spacial score (nSPS) is 20.7. The fourth-order valence-corrected chi connectivity index (χ4v) is 4.67. The molecule has 1 fully saturated rings. The van der Waals surface area contributed by atoms with Gasteiger partial charge in [-0.2, -0.15) is 0 Å². The highest BCUT2D eigenvalue weighted by Crippen LogP contribution is 2.54. The van der Waals surface area contributed by atoms with Gasteiger partial charge >= 0.3 is 0 Å². The van der Waals surface area contributed by atoms with Crippen molar-refractivity contribution in [1.82, 2.24) is 0 Å². The fourth-order valence-electron chi connectivity index (χ4n) is 3.72. The van der Waals surface area contributed by atoms with E-state index in [2.05, 4.69) is 0 Å². The monoisotopic (exact) mass is 384 g/mol. The summed E-state index contributed by atoms with van der Waals surface area (Å²) < 4.78 is 55.7. The van der Waals surface area contributed by atoms with E-state index in [9.17, 15) is 12.8 Å². The molecule has 5 nitrogen and oxygen atoms in total. The number of hydrogen-bond donors (Lipinski definition) is 0.